The summed E-state index contributed by atoms with van der Waals surface area (Å²) >= 11 is 0. The van der Waals surface area contributed by atoms with Gasteiger partial charge in [0, 0.05) is 26.2 Å². The van der Waals surface area contributed by atoms with E-state index in [1.165, 1.54) is 7.11 Å². The third-order valence-electron chi connectivity index (χ3n) is 3.97. The van der Waals surface area contributed by atoms with E-state index < -0.39 is 0 Å². The van der Waals surface area contributed by atoms with Crippen molar-refractivity contribution in [3.05, 3.63) is 59.5 Å². The minimum atomic E-state index is -0.320. The second-order valence-corrected chi connectivity index (χ2v) is 6.11. The van der Waals surface area contributed by atoms with E-state index in [2.05, 4.69) is 15.6 Å². The Balaban J connectivity index is 0.00000420. The van der Waals surface area contributed by atoms with E-state index in [-0.39, 0.29) is 29.9 Å². The van der Waals surface area contributed by atoms with Gasteiger partial charge in [0.15, 0.2) is 5.96 Å². The maximum absolute atomic E-state index is 11.5. The molecule has 0 aliphatic rings. The SMILES string of the molecule is CCNC(=NCCCOCc1ccco1)NCCc1ccc(C(=O)OC)cc1.I. The van der Waals surface area contributed by atoms with Gasteiger partial charge in [-0.25, -0.2) is 4.79 Å². The minimum absolute atomic E-state index is 0. The molecule has 8 heteroatoms. The molecule has 0 spiro atoms. The summed E-state index contributed by atoms with van der Waals surface area (Å²) in [5, 5.41) is 6.56. The smallest absolute Gasteiger partial charge is 0.337 e. The predicted octanol–water partition coefficient (Wildman–Crippen LogP) is 3.39. The molecule has 0 aliphatic heterocycles. The van der Waals surface area contributed by atoms with Gasteiger partial charge >= 0.3 is 5.97 Å². The number of carbonyl (C=O) groups excluding carboxylic acids is 1. The molecule has 1 heterocycles. The zero-order valence-corrected chi connectivity index (χ0v) is 19.3. The Morgan fingerprint density at radius 2 is 1.97 bits per heavy atom. The molecule has 29 heavy (non-hydrogen) atoms. The molecule has 1 aromatic carbocycles. The van der Waals surface area contributed by atoms with Crippen LogP contribution >= 0.6 is 24.0 Å². The standard InChI is InChI=1S/C21H29N3O4.HI/c1-3-22-21(23-12-5-14-27-16-19-6-4-15-28-19)24-13-11-17-7-9-18(10-8-17)20(25)26-2;/h4,6-10,15H,3,5,11-14,16H2,1-2H3,(H2,22,23,24);1H. The molecular weight excluding hydrogens is 485 g/mol. The first-order valence-electron chi connectivity index (χ1n) is 9.52. The van der Waals surface area contributed by atoms with Crippen molar-refractivity contribution >= 4 is 35.9 Å². The number of halogens is 1. The number of nitrogens with one attached hydrogen (secondary N) is 2. The van der Waals surface area contributed by atoms with E-state index in [1.807, 2.05) is 31.2 Å². The van der Waals surface area contributed by atoms with E-state index in [0.29, 0.717) is 25.3 Å². The maximum Gasteiger partial charge on any atom is 0.337 e. The van der Waals surface area contributed by atoms with Crippen LogP contribution < -0.4 is 10.6 Å². The van der Waals surface area contributed by atoms with Crippen LogP contribution in [0.1, 0.15) is 35.0 Å². The van der Waals surface area contributed by atoms with Gasteiger partial charge in [-0.3, -0.25) is 4.99 Å². The Bertz CT molecular complexity index is 718. The molecule has 0 unspecified atom stereocenters. The van der Waals surface area contributed by atoms with E-state index in [0.717, 1.165) is 43.2 Å². The van der Waals surface area contributed by atoms with Crippen molar-refractivity contribution in [3.63, 3.8) is 0 Å². The third kappa shape index (κ3) is 9.80. The van der Waals surface area contributed by atoms with Crippen molar-refractivity contribution in [2.75, 3.05) is 33.4 Å². The highest BCUT2D eigenvalue weighted by Crippen LogP contribution is 2.06. The van der Waals surface area contributed by atoms with Gasteiger partial charge in [-0.2, -0.15) is 0 Å². The van der Waals surface area contributed by atoms with Gasteiger partial charge in [-0.05, 0) is 49.6 Å². The number of hydrogen-bond donors (Lipinski definition) is 2. The van der Waals surface area contributed by atoms with Gasteiger partial charge in [0.2, 0.25) is 0 Å². The van der Waals surface area contributed by atoms with Crippen LogP contribution in [0.15, 0.2) is 52.1 Å². The lowest BCUT2D eigenvalue weighted by atomic mass is 10.1. The van der Waals surface area contributed by atoms with Gasteiger partial charge in [-0.15, -0.1) is 24.0 Å². The average Bonchev–Trinajstić information content (AvgIpc) is 3.24. The van der Waals surface area contributed by atoms with Crippen LogP contribution in [0.25, 0.3) is 0 Å². The van der Waals surface area contributed by atoms with Crippen LogP contribution in [0.2, 0.25) is 0 Å². The minimum Gasteiger partial charge on any atom is -0.467 e. The molecule has 160 valence electrons. The molecule has 1 aromatic heterocycles. The lowest BCUT2D eigenvalue weighted by Crippen LogP contribution is -2.38. The van der Waals surface area contributed by atoms with Gasteiger partial charge in [0.05, 0.1) is 18.9 Å². The first-order chi connectivity index (χ1) is 13.7. The Kier molecular flexibility index (Phi) is 12.8. The van der Waals surface area contributed by atoms with Crippen molar-refractivity contribution < 1.29 is 18.7 Å². The first kappa shape index (κ1) is 25.0. The second kappa shape index (κ2) is 14.9. The summed E-state index contributed by atoms with van der Waals surface area (Å²) in [6, 6.07) is 11.2. The molecule has 2 aromatic rings. The van der Waals surface area contributed by atoms with Crippen LogP contribution in [0, 0.1) is 0 Å². The fourth-order valence-corrected chi connectivity index (χ4v) is 2.52. The first-order valence-corrected chi connectivity index (χ1v) is 9.52. The second-order valence-electron chi connectivity index (χ2n) is 6.11. The molecule has 0 fully saturated rings. The lowest BCUT2D eigenvalue weighted by molar-refractivity contribution is 0.0600. The predicted molar refractivity (Wildman–Crippen MR) is 124 cm³/mol. The fraction of sp³-hybridized carbons (Fsp3) is 0.429. The quantitative estimate of drug-likeness (QED) is 0.157. The number of hydrogen-bond acceptors (Lipinski definition) is 5. The molecule has 0 saturated heterocycles. The highest BCUT2D eigenvalue weighted by molar-refractivity contribution is 14.0. The number of guanidine groups is 1. The summed E-state index contributed by atoms with van der Waals surface area (Å²) in [6.07, 6.45) is 3.31. The molecular formula is C21H30IN3O4. The zero-order chi connectivity index (χ0) is 20.0. The fourth-order valence-electron chi connectivity index (χ4n) is 2.52. The molecule has 7 nitrogen and oxygen atoms in total. The van der Waals surface area contributed by atoms with Crippen molar-refractivity contribution in [1.82, 2.24) is 10.6 Å². The largest absolute Gasteiger partial charge is 0.467 e. The number of rotatable bonds is 11. The Morgan fingerprint density at radius 3 is 2.62 bits per heavy atom. The summed E-state index contributed by atoms with van der Waals surface area (Å²) < 4.78 is 15.5. The number of methoxy groups -OCH3 is 1. The summed E-state index contributed by atoms with van der Waals surface area (Å²) in [6.45, 7) is 5.39. The van der Waals surface area contributed by atoms with Crippen LogP contribution in [0.5, 0.6) is 0 Å². The maximum atomic E-state index is 11.5. The zero-order valence-electron chi connectivity index (χ0n) is 17.0. The molecule has 2 rings (SSSR count). The van der Waals surface area contributed by atoms with Crippen molar-refractivity contribution in [3.8, 4) is 0 Å². The molecule has 0 bridgehead atoms. The lowest BCUT2D eigenvalue weighted by Gasteiger charge is -2.11. The third-order valence-corrected chi connectivity index (χ3v) is 3.97. The Labute approximate surface area is 189 Å². The summed E-state index contributed by atoms with van der Waals surface area (Å²) in [4.78, 5) is 16.0. The molecule has 0 atom stereocenters. The van der Waals surface area contributed by atoms with Gasteiger partial charge in [-0.1, -0.05) is 12.1 Å². The molecule has 0 amide bonds. The van der Waals surface area contributed by atoms with Crippen molar-refractivity contribution in [2.45, 2.75) is 26.4 Å². The van der Waals surface area contributed by atoms with Crippen LogP contribution in [-0.2, 0) is 22.5 Å². The monoisotopic (exact) mass is 515 g/mol. The summed E-state index contributed by atoms with van der Waals surface area (Å²) in [5.74, 6) is 1.30. The molecule has 0 saturated carbocycles. The number of aliphatic imine (C=N–C) groups is 1. The van der Waals surface area contributed by atoms with Crippen LogP contribution in [0.4, 0.5) is 0 Å². The number of carbonyl (C=O) groups is 1. The highest BCUT2D eigenvalue weighted by atomic mass is 127. The van der Waals surface area contributed by atoms with E-state index in [9.17, 15) is 4.79 Å². The summed E-state index contributed by atoms with van der Waals surface area (Å²) in [7, 11) is 1.38. The van der Waals surface area contributed by atoms with Gasteiger partial charge in [0.25, 0.3) is 0 Å². The topological polar surface area (TPSA) is 85.1 Å². The normalized spacial score (nSPS) is 10.9. The molecule has 0 aliphatic carbocycles. The number of benzene rings is 1. The molecule has 0 radical (unpaired) electrons. The van der Waals surface area contributed by atoms with E-state index in [1.54, 1.807) is 18.4 Å². The van der Waals surface area contributed by atoms with E-state index >= 15 is 0 Å². The van der Waals surface area contributed by atoms with Crippen LogP contribution in [0.3, 0.4) is 0 Å². The van der Waals surface area contributed by atoms with Crippen molar-refractivity contribution in [2.24, 2.45) is 4.99 Å². The molecule has 2 N–H and O–H groups in total. The number of ether oxygens (including phenoxy) is 2. The summed E-state index contributed by atoms with van der Waals surface area (Å²) in [5.41, 5.74) is 1.70. The number of furan rings is 1. The highest BCUT2D eigenvalue weighted by Gasteiger charge is 2.04. The Morgan fingerprint density at radius 1 is 1.17 bits per heavy atom. The van der Waals surface area contributed by atoms with Crippen LogP contribution in [-0.4, -0.2) is 45.3 Å². The Hall–Kier alpha value is -2.07. The van der Waals surface area contributed by atoms with Gasteiger partial charge in [0.1, 0.15) is 12.4 Å². The average molecular weight is 515 g/mol. The number of nitrogens with zero attached hydrogens (tertiary/aromatic N) is 1. The van der Waals surface area contributed by atoms with Gasteiger partial charge < -0.3 is 24.5 Å². The van der Waals surface area contributed by atoms with Crippen molar-refractivity contribution in [1.29, 1.82) is 0 Å². The number of esters is 1. The van der Waals surface area contributed by atoms with E-state index in [4.69, 9.17) is 13.9 Å².